The van der Waals surface area contributed by atoms with Crippen molar-refractivity contribution in [1.29, 1.82) is 0 Å². The van der Waals surface area contributed by atoms with E-state index in [0.29, 0.717) is 16.5 Å². The van der Waals surface area contributed by atoms with Gasteiger partial charge in [0.25, 0.3) is 5.91 Å². The lowest BCUT2D eigenvalue weighted by atomic mass is 10.0. The zero-order chi connectivity index (χ0) is 9.59. The lowest BCUT2D eigenvalue weighted by Gasteiger charge is -2.04. The molecule has 0 saturated carbocycles. The molecule has 1 amide bonds. The van der Waals surface area contributed by atoms with E-state index in [4.69, 9.17) is 11.5 Å². The molecule has 0 bridgehead atoms. The minimum absolute atomic E-state index is 0.385. The molecule has 0 fully saturated rings. The minimum atomic E-state index is -0.385. The Morgan fingerprint density at radius 2 is 2.31 bits per heavy atom. The van der Waals surface area contributed by atoms with Gasteiger partial charge in [-0.25, -0.2) is 0 Å². The molecule has 0 aliphatic heterocycles. The van der Waals surface area contributed by atoms with Gasteiger partial charge in [0.15, 0.2) is 0 Å². The van der Waals surface area contributed by atoms with Crippen molar-refractivity contribution in [2.75, 3.05) is 5.73 Å². The highest BCUT2D eigenvalue weighted by Gasteiger charge is 2.28. The number of thiophene rings is 1. The van der Waals surface area contributed by atoms with Crippen molar-refractivity contribution in [2.45, 2.75) is 25.7 Å². The van der Waals surface area contributed by atoms with Crippen molar-refractivity contribution in [1.82, 2.24) is 0 Å². The van der Waals surface area contributed by atoms with E-state index >= 15 is 0 Å². The van der Waals surface area contributed by atoms with Crippen molar-refractivity contribution in [3.63, 3.8) is 0 Å². The molecule has 1 atom stereocenters. The van der Waals surface area contributed by atoms with Crippen LogP contribution in [0, 0.1) is 0 Å². The van der Waals surface area contributed by atoms with Crippen LogP contribution in [0.5, 0.6) is 0 Å². The fraction of sp³-hybridized carbons (Fsp3) is 0.444. The number of nitrogen functional groups attached to an aromatic ring is 1. The molecule has 2 rings (SSSR count). The summed E-state index contributed by atoms with van der Waals surface area (Å²) in [6.45, 7) is 2.12. The molecular weight excluding hydrogens is 184 g/mol. The Balaban J connectivity index is 2.61. The van der Waals surface area contributed by atoms with E-state index in [1.807, 2.05) is 0 Å². The maximum Gasteiger partial charge on any atom is 0.251 e. The van der Waals surface area contributed by atoms with Crippen molar-refractivity contribution in [3.8, 4) is 0 Å². The third-order valence-corrected chi connectivity index (χ3v) is 3.69. The number of amides is 1. The first-order valence-electron chi connectivity index (χ1n) is 4.32. The van der Waals surface area contributed by atoms with Gasteiger partial charge in [0.2, 0.25) is 0 Å². The molecule has 4 heteroatoms. The quantitative estimate of drug-likeness (QED) is 0.714. The second kappa shape index (κ2) is 2.73. The largest absolute Gasteiger partial charge is 0.390 e. The van der Waals surface area contributed by atoms with Crippen LogP contribution in [0.3, 0.4) is 0 Å². The molecule has 1 heterocycles. The van der Waals surface area contributed by atoms with Crippen molar-refractivity contribution in [3.05, 3.63) is 16.0 Å². The summed E-state index contributed by atoms with van der Waals surface area (Å²) < 4.78 is 0. The highest BCUT2D eigenvalue weighted by atomic mass is 32.1. The molecule has 70 valence electrons. The Kier molecular flexibility index (Phi) is 1.80. The van der Waals surface area contributed by atoms with Gasteiger partial charge in [0, 0.05) is 4.88 Å². The minimum Gasteiger partial charge on any atom is -0.390 e. The number of carbonyl (C=O) groups is 1. The lowest BCUT2D eigenvalue weighted by Crippen LogP contribution is -2.14. The molecule has 0 radical (unpaired) electrons. The third kappa shape index (κ3) is 1.13. The highest BCUT2D eigenvalue weighted by molar-refractivity contribution is 7.16. The highest BCUT2D eigenvalue weighted by Crippen LogP contribution is 2.43. The van der Waals surface area contributed by atoms with Crippen LogP contribution in [0.4, 0.5) is 5.00 Å². The zero-order valence-corrected chi connectivity index (χ0v) is 8.28. The predicted octanol–water partition coefficient (Wildman–Crippen LogP) is 1.48. The molecule has 4 N–H and O–H groups in total. The van der Waals surface area contributed by atoms with Crippen molar-refractivity contribution < 1.29 is 4.79 Å². The van der Waals surface area contributed by atoms with E-state index in [1.165, 1.54) is 16.2 Å². The first-order valence-corrected chi connectivity index (χ1v) is 5.13. The summed E-state index contributed by atoms with van der Waals surface area (Å²) in [5.41, 5.74) is 12.7. The SMILES string of the molecule is CC1CCc2sc(N)c(C(N)=O)c21. The Labute approximate surface area is 80.7 Å². The summed E-state index contributed by atoms with van der Waals surface area (Å²) in [5, 5.41) is 0.587. The Bertz CT molecular complexity index is 370. The molecule has 0 saturated heterocycles. The van der Waals surface area contributed by atoms with Gasteiger partial charge in [-0.3, -0.25) is 4.79 Å². The maximum absolute atomic E-state index is 11.1. The number of fused-ring (bicyclic) bond motifs is 1. The number of anilines is 1. The zero-order valence-electron chi connectivity index (χ0n) is 7.46. The second-order valence-corrected chi connectivity index (χ2v) is 4.62. The summed E-state index contributed by atoms with van der Waals surface area (Å²) in [6, 6.07) is 0. The predicted molar refractivity (Wildman–Crippen MR) is 54.0 cm³/mol. The molecule has 13 heavy (non-hydrogen) atoms. The molecule has 0 spiro atoms. The number of hydrogen-bond donors (Lipinski definition) is 2. The van der Waals surface area contributed by atoms with E-state index in [0.717, 1.165) is 18.4 Å². The standard InChI is InChI=1S/C9H12N2OS/c1-4-2-3-5-6(4)7(8(10)12)9(11)13-5/h4H,2-3,11H2,1H3,(H2,10,12). The number of aryl methyl sites for hydroxylation is 1. The third-order valence-electron chi connectivity index (χ3n) is 2.59. The van der Waals surface area contributed by atoms with Crippen LogP contribution in [0.25, 0.3) is 0 Å². The molecule has 1 aromatic rings. The molecular formula is C9H12N2OS. The van der Waals surface area contributed by atoms with E-state index in [9.17, 15) is 4.79 Å². The molecule has 1 unspecified atom stereocenters. The summed E-state index contributed by atoms with van der Waals surface area (Å²) in [6.07, 6.45) is 2.15. The van der Waals surface area contributed by atoms with E-state index in [2.05, 4.69) is 6.92 Å². The Morgan fingerprint density at radius 3 is 2.92 bits per heavy atom. The monoisotopic (exact) mass is 196 g/mol. The smallest absolute Gasteiger partial charge is 0.251 e. The van der Waals surface area contributed by atoms with Gasteiger partial charge >= 0.3 is 0 Å². The molecule has 1 aromatic heterocycles. The maximum atomic E-state index is 11.1. The van der Waals surface area contributed by atoms with Gasteiger partial charge in [0.1, 0.15) is 0 Å². The van der Waals surface area contributed by atoms with Crippen LogP contribution in [-0.2, 0) is 6.42 Å². The van der Waals surface area contributed by atoms with Crippen LogP contribution in [0.15, 0.2) is 0 Å². The van der Waals surface area contributed by atoms with E-state index in [1.54, 1.807) is 0 Å². The molecule has 3 nitrogen and oxygen atoms in total. The number of hydrogen-bond acceptors (Lipinski definition) is 3. The van der Waals surface area contributed by atoms with Gasteiger partial charge in [-0.15, -0.1) is 11.3 Å². The first-order chi connectivity index (χ1) is 6.11. The summed E-state index contributed by atoms with van der Waals surface area (Å²) >= 11 is 1.51. The Hall–Kier alpha value is -1.03. The van der Waals surface area contributed by atoms with Crippen LogP contribution in [0.1, 0.15) is 40.1 Å². The number of rotatable bonds is 1. The normalized spacial score (nSPS) is 20.2. The lowest BCUT2D eigenvalue weighted by molar-refractivity contribution is 0.100. The topological polar surface area (TPSA) is 69.1 Å². The summed E-state index contributed by atoms with van der Waals surface area (Å²) in [5.74, 6) is 0.0507. The summed E-state index contributed by atoms with van der Waals surface area (Å²) in [7, 11) is 0. The Morgan fingerprint density at radius 1 is 1.62 bits per heavy atom. The number of carbonyl (C=O) groups excluding carboxylic acids is 1. The summed E-state index contributed by atoms with van der Waals surface area (Å²) in [4.78, 5) is 12.4. The molecule has 0 aromatic carbocycles. The average Bonchev–Trinajstić information content (AvgIpc) is 2.51. The van der Waals surface area contributed by atoms with Crippen LogP contribution < -0.4 is 11.5 Å². The second-order valence-electron chi connectivity index (χ2n) is 3.48. The van der Waals surface area contributed by atoms with Crippen LogP contribution in [-0.4, -0.2) is 5.91 Å². The molecule has 1 aliphatic rings. The van der Waals surface area contributed by atoms with Gasteiger partial charge in [-0.2, -0.15) is 0 Å². The van der Waals surface area contributed by atoms with Gasteiger partial charge in [-0.05, 0) is 24.3 Å². The van der Waals surface area contributed by atoms with Crippen LogP contribution >= 0.6 is 11.3 Å². The van der Waals surface area contributed by atoms with Crippen molar-refractivity contribution in [2.24, 2.45) is 5.73 Å². The fourth-order valence-electron chi connectivity index (χ4n) is 1.96. The molecule has 1 aliphatic carbocycles. The van der Waals surface area contributed by atoms with Crippen LogP contribution in [0.2, 0.25) is 0 Å². The van der Waals surface area contributed by atoms with Crippen molar-refractivity contribution >= 4 is 22.2 Å². The number of nitrogens with two attached hydrogens (primary N) is 2. The van der Waals surface area contributed by atoms with Gasteiger partial charge < -0.3 is 11.5 Å². The van der Waals surface area contributed by atoms with Gasteiger partial charge in [0.05, 0.1) is 10.6 Å². The van der Waals surface area contributed by atoms with Gasteiger partial charge in [-0.1, -0.05) is 6.92 Å². The van der Waals surface area contributed by atoms with E-state index in [-0.39, 0.29) is 5.91 Å². The fourth-order valence-corrected chi connectivity index (χ4v) is 3.18. The average molecular weight is 196 g/mol. The number of primary amides is 1. The van der Waals surface area contributed by atoms with E-state index < -0.39 is 0 Å². The first kappa shape index (κ1) is 8.56.